The largest absolute Gasteiger partial charge is 0.402 e. The molecule has 4 nitrogen and oxygen atoms in total. The number of hydrogen-bond acceptors (Lipinski definition) is 4. The molecule has 0 spiro atoms. The molecule has 0 aromatic carbocycles. The second-order valence-corrected chi connectivity index (χ2v) is 9.14. The van der Waals surface area contributed by atoms with Gasteiger partial charge < -0.3 is 0 Å². The van der Waals surface area contributed by atoms with E-state index in [0.717, 1.165) is 17.6 Å². The highest BCUT2D eigenvalue weighted by Gasteiger charge is 2.45. The van der Waals surface area contributed by atoms with Crippen LogP contribution in [-0.4, -0.2) is 16.7 Å². The van der Waals surface area contributed by atoms with E-state index >= 15 is 0 Å². The van der Waals surface area contributed by atoms with Crippen molar-refractivity contribution in [3.8, 4) is 0 Å². The van der Waals surface area contributed by atoms with Crippen LogP contribution in [0.3, 0.4) is 0 Å². The zero-order valence-electron chi connectivity index (χ0n) is 13.5. The van der Waals surface area contributed by atoms with Crippen molar-refractivity contribution in [3.05, 3.63) is 34.9 Å². The standard InChI is InChI=1S/C16H23O4P/c1-15(2,3)19-21(18,20-16(4,5)6)14(17)13-10-11-7-8-12(13)9-11/h7-8,10H,9H2,1-6H3. The number of fused-ring (bicyclic) bond motifs is 2. The third-order valence-electron chi connectivity index (χ3n) is 2.84. The highest BCUT2D eigenvalue weighted by molar-refractivity contribution is 7.72. The summed E-state index contributed by atoms with van der Waals surface area (Å²) in [6.45, 7) is 10.6. The van der Waals surface area contributed by atoms with E-state index in [1.54, 1.807) is 47.6 Å². The van der Waals surface area contributed by atoms with E-state index in [1.807, 2.05) is 12.2 Å². The number of carbonyl (C=O) groups is 1. The van der Waals surface area contributed by atoms with E-state index in [1.165, 1.54) is 0 Å². The summed E-state index contributed by atoms with van der Waals surface area (Å²) < 4.78 is 24.3. The Balaban J connectivity index is 2.37. The fourth-order valence-electron chi connectivity index (χ4n) is 2.28. The Labute approximate surface area is 126 Å². The Morgan fingerprint density at radius 3 is 1.90 bits per heavy atom. The molecule has 0 N–H and O–H groups in total. The second-order valence-electron chi connectivity index (χ2n) is 7.38. The van der Waals surface area contributed by atoms with Gasteiger partial charge in [0.25, 0.3) is 5.52 Å². The van der Waals surface area contributed by atoms with Crippen LogP contribution in [-0.2, 0) is 18.4 Å². The molecule has 21 heavy (non-hydrogen) atoms. The van der Waals surface area contributed by atoms with Crippen molar-refractivity contribution in [2.45, 2.75) is 59.2 Å². The van der Waals surface area contributed by atoms with E-state index in [2.05, 4.69) is 0 Å². The molecule has 0 radical (unpaired) electrons. The summed E-state index contributed by atoms with van der Waals surface area (Å²) in [4.78, 5) is 12.8. The average Bonchev–Trinajstić information content (AvgIpc) is 2.83. The molecule has 0 amide bonds. The molecule has 0 aromatic rings. The number of carbonyl (C=O) groups excluding carboxylic acids is 1. The lowest BCUT2D eigenvalue weighted by molar-refractivity contribution is -0.112. The molecule has 5 heteroatoms. The SMILES string of the molecule is CC(C)(C)OP(=O)(OC(C)(C)C)C(=O)C1=C2C=CC(=C1)C2. The van der Waals surface area contributed by atoms with Crippen LogP contribution in [0, 0.1) is 0 Å². The van der Waals surface area contributed by atoms with E-state index in [4.69, 9.17) is 9.05 Å². The molecule has 2 rings (SSSR count). The van der Waals surface area contributed by atoms with Crippen molar-refractivity contribution < 1.29 is 18.4 Å². The molecule has 0 atom stereocenters. The molecule has 2 aliphatic rings. The van der Waals surface area contributed by atoms with Crippen LogP contribution < -0.4 is 0 Å². The number of rotatable bonds is 4. The van der Waals surface area contributed by atoms with Crippen molar-refractivity contribution in [1.82, 2.24) is 0 Å². The van der Waals surface area contributed by atoms with Gasteiger partial charge in [-0.1, -0.05) is 12.2 Å². The van der Waals surface area contributed by atoms with Crippen LogP contribution in [0.5, 0.6) is 0 Å². The topological polar surface area (TPSA) is 52.6 Å². The summed E-state index contributed by atoms with van der Waals surface area (Å²) in [6, 6.07) is 0. The van der Waals surface area contributed by atoms with E-state index < -0.39 is 24.3 Å². The summed E-state index contributed by atoms with van der Waals surface area (Å²) in [5, 5.41) is 0. The Morgan fingerprint density at radius 2 is 1.57 bits per heavy atom. The summed E-state index contributed by atoms with van der Waals surface area (Å²) >= 11 is 0. The van der Waals surface area contributed by atoms with Crippen LogP contribution in [0.2, 0.25) is 0 Å². The highest BCUT2D eigenvalue weighted by Crippen LogP contribution is 2.58. The predicted octanol–water partition coefficient (Wildman–Crippen LogP) is 4.53. The van der Waals surface area contributed by atoms with Gasteiger partial charge in [-0.2, -0.15) is 0 Å². The van der Waals surface area contributed by atoms with Crippen molar-refractivity contribution in [3.63, 3.8) is 0 Å². The highest BCUT2D eigenvalue weighted by atomic mass is 31.2. The molecule has 116 valence electrons. The van der Waals surface area contributed by atoms with Crippen LogP contribution in [0.25, 0.3) is 0 Å². The molecule has 0 fully saturated rings. The first-order valence-corrected chi connectivity index (χ1v) is 8.62. The van der Waals surface area contributed by atoms with Gasteiger partial charge in [0, 0.05) is 5.57 Å². The average molecular weight is 310 g/mol. The molecule has 0 saturated heterocycles. The van der Waals surface area contributed by atoms with Gasteiger partial charge in [-0.25, -0.2) is 0 Å². The Bertz CT molecular complexity index is 589. The van der Waals surface area contributed by atoms with Gasteiger partial charge in [0.15, 0.2) is 0 Å². The van der Waals surface area contributed by atoms with E-state index in [9.17, 15) is 9.36 Å². The molecule has 2 bridgehead atoms. The van der Waals surface area contributed by atoms with Crippen LogP contribution in [0.15, 0.2) is 34.9 Å². The minimum atomic E-state index is -3.91. The minimum Gasteiger partial charge on any atom is -0.297 e. The first kappa shape index (κ1) is 16.4. The van der Waals surface area contributed by atoms with Gasteiger partial charge in [0.1, 0.15) is 0 Å². The van der Waals surface area contributed by atoms with Gasteiger partial charge in [-0.15, -0.1) is 0 Å². The molecule has 0 heterocycles. The van der Waals surface area contributed by atoms with Gasteiger partial charge in [0.05, 0.1) is 11.2 Å². The molecule has 0 unspecified atom stereocenters. The molecule has 0 aromatic heterocycles. The second kappa shape index (κ2) is 5.05. The fourth-order valence-corrected chi connectivity index (χ4v) is 4.43. The zero-order valence-corrected chi connectivity index (χ0v) is 14.4. The Kier molecular flexibility index (Phi) is 3.94. The minimum absolute atomic E-state index is 0.462. The van der Waals surface area contributed by atoms with E-state index in [0.29, 0.717) is 5.57 Å². The summed E-state index contributed by atoms with van der Waals surface area (Å²) in [7, 11) is -3.91. The van der Waals surface area contributed by atoms with Crippen molar-refractivity contribution in [2.24, 2.45) is 0 Å². The maximum Gasteiger partial charge on any atom is 0.402 e. The predicted molar refractivity (Wildman–Crippen MR) is 83.2 cm³/mol. The Hall–Kier alpha value is -0.960. The summed E-state index contributed by atoms with van der Waals surface area (Å²) in [5.41, 5.74) is 0.410. The molecular formula is C16H23O4P. The zero-order chi connectivity index (χ0) is 16.1. The van der Waals surface area contributed by atoms with Gasteiger partial charge in [-0.3, -0.25) is 18.4 Å². The monoisotopic (exact) mass is 310 g/mol. The lowest BCUT2D eigenvalue weighted by atomic mass is 10.2. The maximum atomic E-state index is 13.1. The lowest BCUT2D eigenvalue weighted by Gasteiger charge is -2.31. The van der Waals surface area contributed by atoms with Crippen molar-refractivity contribution in [1.29, 1.82) is 0 Å². The maximum absolute atomic E-state index is 13.1. The quantitative estimate of drug-likeness (QED) is 0.716. The van der Waals surface area contributed by atoms with Gasteiger partial charge in [0.2, 0.25) is 0 Å². The fraction of sp³-hybridized carbons (Fsp3) is 0.562. The first-order chi connectivity index (χ1) is 9.40. The third-order valence-corrected chi connectivity index (χ3v) is 5.15. The summed E-state index contributed by atoms with van der Waals surface area (Å²) in [5.74, 6) is 0. The van der Waals surface area contributed by atoms with Crippen molar-refractivity contribution in [2.75, 3.05) is 0 Å². The van der Waals surface area contributed by atoms with Crippen LogP contribution >= 0.6 is 7.60 Å². The molecular weight excluding hydrogens is 287 g/mol. The van der Waals surface area contributed by atoms with Crippen LogP contribution in [0.1, 0.15) is 48.0 Å². The molecule has 0 aliphatic heterocycles. The first-order valence-electron chi connectivity index (χ1n) is 7.08. The van der Waals surface area contributed by atoms with Crippen molar-refractivity contribution >= 4 is 13.1 Å². The Morgan fingerprint density at radius 1 is 1.05 bits per heavy atom. The lowest BCUT2D eigenvalue weighted by Crippen LogP contribution is -2.27. The molecule has 0 saturated carbocycles. The molecule has 2 aliphatic carbocycles. The van der Waals surface area contributed by atoms with E-state index in [-0.39, 0.29) is 0 Å². The summed E-state index contributed by atoms with van der Waals surface area (Å²) in [6.07, 6.45) is 6.36. The normalized spacial score (nSPS) is 18.5. The third kappa shape index (κ3) is 3.82. The smallest absolute Gasteiger partial charge is 0.297 e. The van der Waals surface area contributed by atoms with Gasteiger partial charge >= 0.3 is 7.60 Å². The van der Waals surface area contributed by atoms with Crippen LogP contribution in [0.4, 0.5) is 0 Å². The number of hydrogen-bond donors (Lipinski definition) is 0. The number of allylic oxidation sites excluding steroid dienone is 6. The van der Waals surface area contributed by atoms with Gasteiger partial charge in [-0.05, 0) is 65.2 Å².